The van der Waals surface area contributed by atoms with Crippen molar-refractivity contribution in [2.45, 2.75) is 66.8 Å². The van der Waals surface area contributed by atoms with Gasteiger partial charge in [-0.05, 0) is 42.9 Å². The summed E-state index contributed by atoms with van der Waals surface area (Å²) in [5, 5.41) is 36.3. The number of halogens is 3. The molecular weight excluding hydrogens is 518 g/mol. The molecule has 3 unspecified atom stereocenters. The van der Waals surface area contributed by atoms with Crippen LogP contribution in [0.5, 0.6) is 0 Å². The zero-order valence-electron chi connectivity index (χ0n) is 19.8. The zero-order chi connectivity index (χ0) is 26.1. The summed E-state index contributed by atoms with van der Waals surface area (Å²) in [6, 6.07) is 1.74. The van der Waals surface area contributed by atoms with Crippen LogP contribution in [0, 0.1) is 17.6 Å². The van der Waals surface area contributed by atoms with Gasteiger partial charge in [-0.1, -0.05) is 6.08 Å². The minimum Gasteiger partial charge on any atom is -0.388 e. The molecule has 36 heavy (non-hydrogen) atoms. The van der Waals surface area contributed by atoms with E-state index in [0.29, 0.717) is 18.5 Å². The summed E-state index contributed by atoms with van der Waals surface area (Å²) in [6.45, 7) is 2.30. The van der Waals surface area contributed by atoms with Crippen molar-refractivity contribution in [3.63, 3.8) is 0 Å². The molecule has 0 radical (unpaired) electrons. The number of fused-ring (bicyclic) bond motifs is 1. The van der Waals surface area contributed by atoms with Crippen LogP contribution in [-0.4, -0.2) is 94.1 Å². The van der Waals surface area contributed by atoms with Crippen LogP contribution >= 0.6 is 23.4 Å². The Bertz CT molecular complexity index is 966. The first-order valence-electron chi connectivity index (χ1n) is 11.8. The van der Waals surface area contributed by atoms with Crippen molar-refractivity contribution < 1.29 is 38.4 Å². The number of carbonyl (C=O) groups excluding carboxylic acids is 1. The predicted molar refractivity (Wildman–Crippen MR) is 131 cm³/mol. The van der Waals surface area contributed by atoms with Gasteiger partial charge in [0, 0.05) is 18.5 Å². The molecule has 3 aliphatic heterocycles. The second kappa shape index (κ2) is 11.6. The molecule has 1 aromatic rings. The van der Waals surface area contributed by atoms with Gasteiger partial charge in [0.25, 0.3) is 0 Å². The van der Waals surface area contributed by atoms with E-state index in [-0.39, 0.29) is 12.5 Å². The average molecular weight is 549 g/mol. The lowest BCUT2D eigenvalue weighted by Crippen LogP contribution is -2.65. The fourth-order valence-electron chi connectivity index (χ4n) is 5.06. The number of hydrogen-bond acceptors (Lipinski definition) is 8. The molecule has 0 aliphatic carbocycles. The molecular formula is C24H31ClF2N2O6S. The van der Waals surface area contributed by atoms with E-state index in [1.165, 1.54) is 23.9 Å². The van der Waals surface area contributed by atoms with Crippen molar-refractivity contribution in [3.8, 4) is 0 Å². The van der Waals surface area contributed by atoms with Gasteiger partial charge in [-0.3, -0.25) is 4.79 Å². The molecule has 5 N–H and O–H groups in total. The first-order valence-corrected chi connectivity index (χ1v) is 13.5. The molecule has 8 nitrogen and oxygen atoms in total. The maximum Gasteiger partial charge on any atom is 0.240 e. The quantitative estimate of drug-likeness (QED) is 0.334. The van der Waals surface area contributed by atoms with Crippen molar-refractivity contribution in [1.29, 1.82) is 0 Å². The zero-order valence-corrected chi connectivity index (χ0v) is 21.4. The molecule has 0 saturated carbocycles. The summed E-state index contributed by atoms with van der Waals surface area (Å²) in [6.07, 6.45) is -1.80. The van der Waals surface area contributed by atoms with Crippen LogP contribution in [0.15, 0.2) is 24.3 Å². The molecule has 3 heterocycles. The number of ether oxygens (including phenoxy) is 2. The molecule has 0 spiro atoms. The van der Waals surface area contributed by atoms with Crippen LogP contribution in [0.1, 0.15) is 18.9 Å². The molecule has 12 heteroatoms. The van der Waals surface area contributed by atoms with Gasteiger partial charge in [0.05, 0.1) is 24.1 Å². The number of rotatable bonds is 6. The van der Waals surface area contributed by atoms with E-state index in [2.05, 4.69) is 10.6 Å². The summed E-state index contributed by atoms with van der Waals surface area (Å²) >= 11 is 7.53. The Morgan fingerprint density at radius 2 is 1.89 bits per heavy atom. The second-order valence-electron chi connectivity index (χ2n) is 9.37. The Morgan fingerprint density at radius 3 is 2.53 bits per heavy atom. The summed E-state index contributed by atoms with van der Waals surface area (Å²) in [4.78, 5) is 13.3. The van der Waals surface area contributed by atoms with E-state index in [9.17, 15) is 28.9 Å². The molecule has 3 aliphatic rings. The van der Waals surface area contributed by atoms with E-state index >= 15 is 0 Å². The third kappa shape index (κ3) is 5.73. The van der Waals surface area contributed by atoms with Crippen molar-refractivity contribution in [2.75, 3.05) is 19.4 Å². The largest absolute Gasteiger partial charge is 0.388 e. The van der Waals surface area contributed by atoms with Crippen molar-refractivity contribution in [2.24, 2.45) is 5.92 Å². The van der Waals surface area contributed by atoms with E-state index in [4.69, 9.17) is 21.1 Å². The van der Waals surface area contributed by atoms with E-state index in [1.54, 1.807) is 13.2 Å². The van der Waals surface area contributed by atoms with Gasteiger partial charge < -0.3 is 35.4 Å². The van der Waals surface area contributed by atoms with Gasteiger partial charge in [0.2, 0.25) is 5.91 Å². The van der Waals surface area contributed by atoms with Gasteiger partial charge >= 0.3 is 0 Å². The number of hydrogen-bond donors (Lipinski definition) is 5. The number of carbonyl (C=O) groups is 1. The van der Waals surface area contributed by atoms with Gasteiger partial charge in [-0.25, -0.2) is 8.78 Å². The molecule has 0 aromatic heterocycles. The van der Waals surface area contributed by atoms with Gasteiger partial charge in [0.1, 0.15) is 47.5 Å². The highest BCUT2D eigenvalue weighted by Crippen LogP contribution is 2.33. The van der Waals surface area contributed by atoms with Crippen LogP contribution in [-0.2, 0) is 14.3 Å². The fourth-order valence-corrected chi connectivity index (χ4v) is 5.95. The second-order valence-corrected chi connectivity index (χ2v) is 11.0. The van der Waals surface area contributed by atoms with Crippen LogP contribution in [0.3, 0.4) is 0 Å². The summed E-state index contributed by atoms with van der Waals surface area (Å²) in [5.74, 6) is -1.97. The maximum atomic E-state index is 13.7. The molecule has 200 valence electrons. The number of aliphatic hydroxyl groups excluding tert-OH is 3. The highest BCUT2D eigenvalue weighted by molar-refractivity contribution is 7.99. The third-order valence-corrected chi connectivity index (χ3v) is 8.06. The lowest BCUT2D eigenvalue weighted by molar-refractivity contribution is -0.205. The molecule has 2 saturated heterocycles. The molecule has 1 amide bonds. The van der Waals surface area contributed by atoms with Crippen molar-refractivity contribution in [3.05, 3.63) is 41.5 Å². The Balaban J connectivity index is 1.49. The molecule has 4 rings (SSSR count). The third-order valence-electron chi connectivity index (χ3n) is 6.93. The van der Waals surface area contributed by atoms with Crippen LogP contribution in [0.2, 0.25) is 0 Å². The number of alkyl halides is 1. The highest BCUT2D eigenvalue weighted by atomic mass is 35.5. The van der Waals surface area contributed by atoms with Crippen LogP contribution in [0.4, 0.5) is 8.78 Å². The van der Waals surface area contributed by atoms with Gasteiger partial charge in [-0.15, -0.1) is 23.4 Å². The first kappa shape index (κ1) is 27.7. The summed E-state index contributed by atoms with van der Waals surface area (Å²) in [7, 11) is 0. The predicted octanol–water partition coefficient (Wildman–Crippen LogP) is 1.01. The SMILES string of the molecule is CSC1O[C@H]([C@H](NC(=O)[C@H]2NC[C@@H]3C=C(c4cc(F)cc(F)c4)CCO[C@@H]23)[C@H](C)Cl)C(O)C(O)[C@H]1O. The number of amides is 1. The number of nitrogens with one attached hydrogen (secondary N) is 2. The van der Waals surface area contributed by atoms with E-state index < -0.39 is 71.0 Å². The Kier molecular flexibility index (Phi) is 8.94. The van der Waals surface area contributed by atoms with Crippen LogP contribution in [0.25, 0.3) is 5.57 Å². The first-order chi connectivity index (χ1) is 17.1. The Morgan fingerprint density at radius 1 is 1.19 bits per heavy atom. The molecule has 10 atom stereocenters. The van der Waals surface area contributed by atoms with E-state index in [0.717, 1.165) is 11.6 Å². The van der Waals surface area contributed by atoms with Gasteiger partial charge in [0.15, 0.2) is 0 Å². The number of aliphatic hydroxyl groups is 3. The normalized spacial score (nSPS) is 36.4. The lowest BCUT2D eigenvalue weighted by Gasteiger charge is -2.44. The standard InChI is InChI=1S/C24H31ClF2N2O6S/c1-10(25)16(22-19(31)18(30)20(32)24(35-22)36-2)29-23(33)17-21-13(9-28-17)5-11(3-4-34-21)12-6-14(26)8-15(27)7-12/h5-8,10,13,16-22,24,28,30-32H,3-4,9H2,1-2H3,(H,29,33)/t10-,13-,16+,17-,18?,19?,20+,21+,22+,24?/m0/s1. The highest BCUT2D eigenvalue weighted by Gasteiger charge is 2.49. The Labute approximate surface area is 217 Å². The van der Waals surface area contributed by atoms with Gasteiger partial charge in [-0.2, -0.15) is 0 Å². The Hall–Kier alpha value is -1.31. The minimum absolute atomic E-state index is 0.217. The monoisotopic (exact) mass is 548 g/mol. The molecule has 1 aromatic carbocycles. The van der Waals surface area contributed by atoms with Crippen LogP contribution < -0.4 is 10.6 Å². The summed E-state index contributed by atoms with van der Waals surface area (Å²) in [5.41, 5.74) is 0.372. The summed E-state index contributed by atoms with van der Waals surface area (Å²) < 4.78 is 39.3. The van der Waals surface area contributed by atoms with Crippen molar-refractivity contribution >= 4 is 34.8 Å². The number of benzene rings is 1. The lowest BCUT2D eigenvalue weighted by atomic mass is 9.92. The maximum absolute atomic E-state index is 13.7. The van der Waals surface area contributed by atoms with Crippen molar-refractivity contribution in [1.82, 2.24) is 10.6 Å². The number of thioether (sulfide) groups is 1. The molecule has 0 bridgehead atoms. The topological polar surface area (TPSA) is 120 Å². The molecule has 2 fully saturated rings. The minimum atomic E-state index is -1.47. The fraction of sp³-hybridized carbons (Fsp3) is 0.625. The smallest absolute Gasteiger partial charge is 0.240 e. The average Bonchev–Trinajstić information content (AvgIpc) is 3.10. The van der Waals surface area contributed by atoms with E-state index in [1.807, 2.05) is 6.08 Å².